The van der Waals surface area contributed by atoms with Crippen LogP contribution in [0.4, 0.5) is 0 Å². The predicted molar refractivity (Wildman–Crippen MR) is 178 cm³/mol. The van der Waals surface area contributed by atoms with Crippen LogP contribution in [0.2, 0.25) is 24.7 Å². The van der Waals surface area contributed by atoms with Gasteiger partial charge in [-0.15, -0.1) is 6.92 Å². The molecule has 1 aliphatic carbocycles. The standard InChI is InChI=1S/C34H43Si2.2CH3.Ti/c1-23-17-31(35(9,10)11)21-32(18-23)36(30-15-13-12-14-16-30,33-19-24(2)27(5)25(3)20-33)34(8)22-26(4)28(6)29(34)7;;;/h12-21H,1-11H3;2*1H3;/q3*-1;+3. The summed E-state index contributed by atoms with van der Waals surface area (Å²) in [6.07, 6.45) is 4.11. The second-order valence-corrected chi connectivity index (χ2v) is 21.6. The molecule has 0 heterocycles. The number of aryl methyl sites for hydroxylation is 3. The van der Waals surface area contributed by atoms with E-state index in [1.54, 1.807) is 5.19 Å². The number of hydrogen-bond acceptors (Lipinski definition) is 0. The fourth-order valence-corrected chi connectivity index (χ4v) is 14.0. The minimum Gasteiger partial charge on any atom is -0.358 e. The van der Waals surface area contributed by atoms with Crippen LogP contribution in [0.5, 0.6) is 0 Å². The first kappa shape index (κ1) is 35.3. The maximum atomic E-state index is 4.11. The van der Waals surface area contributed by atoms with Crippen LogP contribution in [0.1, 0.15) is 49.9 Å². The number of allylic oxidation sites excluding steroid dienone is 4. The zero-order valence-electron chi connectivity index (χ0n) is 26.8. The third-order valence-corrected chi connectivity index (χ3v) is 16.5. The monoisotopic (exact) mass is 585 g/mol. The second kappa shape index (κ2) is 12.4. The van der Waals surface area contributed by atoms with Crippen LogP contribution in [0.25, 0.3) is 0 Å². The quantitative estimate of drug-likeness (QED) is 0.164. The molecule has 0 aliphatic heterocycles. The van der Waals surface area contributed by atoms with Gasteiger partial charge in [-0.05, 0) is 59.9 Å². The normalized spacial score (nSPS) is 18.4. The van der Waals surface area contributed by atoms with Crippen molar-refractivity contribution in [3.63, 3.8) is 0 Å². The summed E-state index contributed by atoms with van der Waals surface area (Å²) in [7, 11) is -4.19. The molecular formula is C36H49Si2Ti. The van der Waals surface area contributed by atoms with E-state index in [2.05, 4.69) is 142 Å². The first-order valence-corrected chi connectivity index (χ1v) is 18.8. The first-order valence-electron chi connectivity index (χ1n) is 13.3. The summed E-state index contributed by atoms with van der Waals surface area (Å²) < 4.78 is 0. The van der Waals surface area contributed by atoms with Gasteiger partial charge in [-0.2, -0.15) is 11.1 Å². The van der Waals surface area contributed by atoms with Gasteiger partial charge >= 0.3 is 21.7 Å². The van der Waals surface area contributed by atoms with Crippen molar-refractivity contribution in [1.82, 2.24) is 0 Å². The SMILES string of the molecule is CC1=[C-]C(C)([Si](c2ccccc2)(c2cc(C)cc([Si](C)(C)C)c2)c2cc(C)c(C)c(C)c2)C(C)=C1C.[CH3-].[CH3-].[Ti+3]. The Balaban J connectivity index is 0.00000253. The molecule has 2 atom stereocenters. The number of benzene rings is 3. The summed E-state index contributed by atoms with van der Waals surface area (Å²) in [5.41, 5.74) is 9.73. The van der Waals surface area contributed by atoms with Gasteiger partial charge in [0, 0.05) is 0 Å². The molecule has 0 saturated carbocycles. The molecule has 0 spiro atoms. The van der Waals surface area contributed by atoms with Crippen LogP contribution in [-0.4, -0.2) is 16.1 Å². The van der Waals surface area contributed by atoms with Crippen LogP contribution in [-0.2, 0) is 21.7 Å². The van der Waals surface area contributed by atoms with Gasteiger partial charge in [-0.1, -0.05) is 117 Å². The van der Waals surface area contributed by atoms with Crippen molar-refractivity contribution >= 4 is 36.9 Å². The molecule has 0 bridgehead atoms. The first-order chi connectivity index (χ1) is 16.7. The summed E-state index contributed by atoms with van der Waals surface area (Å²) in [6, 6.07) is 24.0. The Bertz CT molecular complexity index is 1370. The summed E-state index contributed by atoms with van der Waals surface area (Å²) >= 11 is 0. The summed E-state index contributed by atoms with van der Waals surface area (Å²) in [6.45, 7) is 25.9. The number of rotatable bonds is 5. The van der Waals surface area contributed by atoms with E-state index in [4.69, 9.17) is 0 Å². The molecule has 3 heteroatoms. The van der Waals surface area contributed by atoms with Gasteiger partial charge in [0.2, 0.25) is 0 Å². The Labute approximate surface area is 258 Å². The molecule has 2 unspecified atom stereocenters. The molecule has 4 rings (SSSR count). The van der Waals surface area contributed by atoms with Gasteiger partial charge in [-0.25, -0.2) is 5.57 Å². The molecule has 1 radical (unpaired) electrons. The van der Waals surface area contributed by atoms with Gasteiger partial charge in [0.15, 0.2) is 0 Å². The fraction of sp³-hybridized carbons (Fsp3) is 0.333. The Morgan fingerprint density at radius 1 is 0.641 bits per heavy atom. The van der Waals surface area contributed by atoms with E-state index in [1.165, 1.54) is 54.5 Å². The van der Waals surface area contributed by atoms with Crippen molar-refractivity contribution in [2.45, 2.75) is 80.1 Å². The van der Waals surface area contributed by atoms with E-state index >= 15 is 0 Å². The molecule has 0 N–H and O–H groups in total. The van der Waals surface area contributed by atoms with Gasteiger partial charge in [0.1, 0.15) is 8.07 Å². The third kappa shape index (κ3) is 5.73. The summed E-state index contributed by atoms with van der Waals surface area (Å²) in [5, 5.41) is 5.84. The van der Waals surface area contributed by atoms with Crippen molar-refractivity contribution in [3.8, 4) is 0 Å². The van der Waals surface area contributed by atoms with E-state index in [0.717, 1.165) is 0 Å². The molecular weight excluding hydrogens is 536 g/mol. The minimum absolute atomic E-state index is 0. The maximum Gasteiger partial charge on any atom is 3.00 e. The van der Waals surface area contributed by atoms with Crippen molar-refractivity contribution in [3.05, 3.63) is 121 Å². The Kier molecular flexibility index (Phi) is 11.3. The van der Waals surface area contributed by atoms with E-state index in [9.17, 15) is 0 Å². The summed E-state index contributed by atoms with van der Waals surface area (Å²) in [4.78, 5) is 0. The average Bonchev–Trinajstić information content (AvgIpc) is 3.00. The largest absolute Gasteiger partial charge is 3.00 e. The Morgan fingerprint density at radius 2 is 1.13 bits per heavy atom. The molecule has 0 nitrogen and oxygen atoms in total. The van der Waals surface area contributed by atoms with Crippen LogP contribution >= 0.6 is 0 Å². The second-order valence-electron chi connectivity index (χ2n) is 12.3. The van der Waals surface area contributed by atoms with Crippen molar-refractivity contribution in [2.75, 3.05) is 0 Å². The van der Waals surface area contributed by atoms with Crippen LogP contribution < -0.4 is 20.7 Å². The zero-order valence-corrected chi connectivity index (χ0v) is 30.3. The molecule has 205 valence electrons. The summed E-state index contributed by atoms with van der Waals surface area (Å²) in [5.74, 6) is 0. The molecule has 0 saturated heterocycles. The van der Waals surface area contributed by atoms with Gasteiger partial charge in [-0.3, -0.25) is 6.08 Å². The predicted octanol–water partition coefficient (Wildman–Crippen LogP) is 7.69. The van der Waals surface area contributed by atoms with Crippen molar-refractivity contribution < 1.29 is 21.7 Å². The van der Waals surface area contributed by atoms with Gasteiger partial charge < -0.3 is 14.9 Å². The molecule has 0 fully saturated rings. The molecule has 1 aliphatic rings. The van der Waals surface area contributed by atoms with Gasteiger partial charge in [0.25, 0.3) is 0 Å². The van der Waals surface area contributed by atoms with E-state index < -0.39 is 16.1 Å². The Hall–Kier alpha value is -1.71. The molecule has 0 aromatic heterocycles. The topological polar surface area (TPSA) is 0 Å². The molecule has 3 aromatic carbocycles. The maximum absolute atomic E-state index is 4.11. The van der Waals surface area contributed by atoms with Crippen LogP contribution in [0.15, 0.2) is 77.4 Å². The zero-order chi connectivity index (χ0) is 26.6. The fourth-order valence-electron chi connectivity index (χ4n) is 6.33. The average molecular weight is 586 g/mol. The molecule has 39 heavy (non-hydrogen) atoms. The number of hydrogen-bond donors (Lipinski definition) is 0. The molecule has 0 amide bonds. The smallest absolute Gasteiger partial charge is 0.358 e. The van der Waals surface area contributed by atoms with E-state index in [1.807, 2.05) is 0 Å². The third-order valence-electron chi connectivity index (χ3n) is 9.01. The van der Waals surface area contributed by atoms with Crippen LogP contribution in [0.3, 0.4) is 0 Å². The van der Waals surface area contributed by atoms with E-state index in [0.29, 0.717) is 0 Å². The van der Waals surface area contributed by atoms with Crippen LogP contribution in [0, 0.1) is 48.6 Å². The Morgan fingerprint density at radius 3 is 1.59 bits per heavy atom. The molecule has 3 aromatic rings. The minimum atomic E-state index is -2.66. The van der Waals surface area contributed by atoms with Crippen molar-refractivity contribution in [2.24, 2.45) is 0 Å². The van der Waals surface area contributed by atoms with Crippen molar-refractivity contribution in [1.29, 1.82) is 0 Å². The van der Waals surface area contributed by atoms with E-state index in [-0.39, 0.29) is 41.6 Å². The van der Waals surface area contributed by atoms with Gasteiger partial charge in [0.05, 0.1) is 8.07 Å².